The molecule has 6 nitrogen and oxygen atoms in total. The van der Waals surface area contributed by atoms with E-state index in [-0.39, 0.29) is 5.56 Å². The molecule has 0 saturated carbocycles. The summed E-state index contributed by atoms with van der Waals surface area (Å²) in [5.74, 6) is -0.0626. The summed E-state index contributed by atoms with van der Waals surface area (Å²) in [6.45, 7) is 0. The van der Waals surface area contributed by atoms with Gasteiger partial charge in [-0.25, -0.2) is 4.79 Å². The maximum absolute atomic E-state index is 10.8. The number of methoxy groups -OCH3 is 1. The minimum atomic E-state index is -1.05. The molecule has 0 saturated heterocycles. The van der Waals surface area contributed by atoms with Crippen molar-refractivity contribution < 1.29 is 14.6 Å². The topological polar surface area (TPSA) is 84.3 Å². The van der Waals surface area contributed by atoms with Gasteiger partial charge < -0.3 is 15.2 Å². The normalized spacial score (nSPS) is 9.83. The van der Waals surface area contributed by atoms with Crippen LogP contribution in [0.2, 0.25) is 0 Å². The number of hydrogen-bond acceptors (Lipinski definition) is 5. The Balaban J connectivity index is 2.28. The molecule has 1 aromatic carbocycles. The Morgan fingerprint density at radius 3 is 2.89 bits per heavy atom. The zero-order valence-corrected chi connectivity index (χ0v) is 9.62. The molecule has 0 fully saturated rings. The van der Waals surface area contributed by atoms with Crippen LogP contribution in [-0.4, -0.2) is 28.4 Å². The maximum Gasteiger partial charge on any atom is 0.337 e. The molecular formula is C12H11N3O3. The molecule has 0 bridgehead atoms. The number of nitrogens with zero attached hydrogens (tertiary/aromatic N) is 2. The van der Waals surface area contributed by atoms with Crippen LogP contribution in [0.15, 0.2) is 36.5 Å². The number of aromatic nitrogens is 2. The third-order valence-corrected chi connectivity index (χ3v) is 2.27. The van der Waals surface area contributed by atoms with E-state index in [2.05, 4.69) is 15.5 Å². The first kappa shape index (κ1) is 11.8. The summed E-state index contributed by atoms with van der Waals surface area (Å²) in [5, 5.41) is 19.2. The van der Waals surface area contributed by atoms with Crippen LogP contribution in [0.25, 0.3) is 0 Å². The highest BCUT2D eigenvalue weighted by atomic mass is 16.5. The molecular weight excluding hydrogens is 234 g/mol. The predicted octanol–water partition coefficient (Wildman–Crippen LogP) is 1.93. The van der Waals surface area contributed by atoms with Crippen LogP contribution in [0.4, 0.5) is 11.5 Å². The summed E-state index contributed by atoms with van der Waals surface area (Å²) in [5.41, 5.74) is 0.763. The van der Waals surface area contributed by atoms with E-state index in [1.54, 1.807) is 19.2 Å². The predicted molar refractivity (Wildman–Crippen MR) is 65.3 cm³/mol. The van der Waals surface area contributed by atoms with Crippen molar-refractivity contribution >= 4 is 17.5 Å². The van der Waals surface area contributed by atoms with Gasteiger partial charge in [-0.3, -0.25) is 0 Å². The molecule has 2 rings (SSSR count). The molecule has 2 aromatic rings. The number of ether oxygens (including phenoxy) is 1. The molecule has 2 N–H and O–H groups in total. The molecule has 0 spiro atoms. The van der Waals surface area contributed by atoms with Crippen LogP contribution in [0.5, 0.6) is 5.75 Å². The Morgan fingerprint density at radius 2 is 2.17 bits per heavy atom. The molecule has 0 aliphatic rings. The van der Waals surface area contributed by atoms with Crippen LogP contribution < -0.4 is 10.1 Å². The summed E-state index contributed by atoms with van der Waals surface area (Å²) < 4.78 is 5.17. The molecule has 0 aliphatic carbocycles. The van der Waals surface area contributed by atoms with Crippen LogP contribution in [-0.2, 0) is 0 Å². The lowest BCUT2D eigenvalue weighted by atomic mass is 10.2. The minimum Gasteiger partial charge on any atom is -0.495 e. The smallest absolute Gasteiger partial charge is 0.337 e. The highest BCUT2D eigenvalue weighted by Gasteiger charge is 2.07. The fourth-order valence-corrected chi connectivity index (χ4v) is 1.43. The van der Waals surface area contributed by atoms with E-state index in [1.807, 2.05) is 12.1 Å². The first-order chi connectivity index (χ1) is 8.70. The van der Waals surface area contributed by atoms with Crippen LogP contribution in [0.1, 0.15) is 10.4 Å². The van der Waals surface area contributed by atoms with Gasteiger partial charge in [0.15, 0.2) is 5.82 Å². The van der Waals surface area contributed by atoms with Crippen molar-refractivity contribution in [3.63, 3.8) is 0 Å². The fraction of sp³-hybridized carbons (Fsp3) is 0.0833. The number of para-hydroxylation sites is 2. The standard InChI is InChI=1S/C12H11N3O3/c1-18-10-5-3-2-4-9(10)14-11-6-8(12(16)17)7-13-15-11/h2-7H,1H3,(H,14,15)(H,16,17). The Hall–Kier alpha value is -2.63. The van der Waals surface area contributed by atoms with Gasteiger partial charge in [0.25, 0.3) is 0 Å². The van der Waals surface area contributed by atoms with Gasteiger partial charge >= 0.3 is 5.97 Å². The van der Waals surface area contributed by atoms with Crippen molar-refractivity contribution in [3.8, 4) is 5.75 Å². The Bertz CT molecular complexity index is 572. The molecule has 0 aliphatic heterocycles. The number of anilines is 2. The third-order valence-electron chi connectivity index (χ3n) is 2.27. The number of hydrogen-bond donors (Lipinski definition) is 2. The maximum atomic E-state index is 10.8. The number of rotatable bonds is 4. The Labute approximate surface area is 103 Å². The van der Waals surface area contributed by atoms with Crippen LogP contribution in [0.3, 0.4) is 0 Å². The van der Waals surface area contributed by atoms with E-state index in [1.165, 1.54) is 12.3 Å². The molecule has 92 valence electrons. The minimum absolute atomic E-state index is 0.0717. The highest BCUT2D eigenvalue weighted by molar-refractivity contribution is 5.88. The zero-order valence-electron chi connectivity index (χ0n) is 9.62. The first-order valence-corrected chi connectivity index (χ1v) is 5.17. The van der Waals surface area contributed by atoms with Gasteiger partial charge in [0.1, 0.15) is 5.75 Å². The second kappa shape index (κ2) is 5.13. The SMILES string of the molecule is COc1ccccc1Nc1cc(C(=O)O)cnn1. The van der Waals surface area contributed by atoms with Crippen LogP contribution in [0, 0.1) is 0 Å². The van der Waals surface area contributed by atoms with E-state index >= 15 is 0 Å². The number of aromatic carboxylic acids is 1. The lowest BCUT2D eigenvalue weighted by Crippen LogP contribution is -2.02. The number of nitrogens with one attached hydrogen (secondary N) is 1. The van der Waals surface area contributed by atoms with Crippen molar-refractivity contribution in [1.82, 2.24) is 10.2 Å². The second-order valence-electron chi connectivity index (χ2n) is 3.46. The summed E-state index contributed by atoms with van der Waals surface area (Å²) in [7, 11) is 1.56. The summed E-state index contributed by atoms with van der Waals surface area (Å²) >= 11 is 0. The summed E-state index contributed by atoms with van der Waals surface area (Å²) in [4.78, 5) is 10.8. The molecule has 1 heterocycles. The van der Waals surface area contributed by atoms with Gasteiger partial charge in [0.05, 0.1) is 24.6 Å². The summed E-state index contributed by atoms with van der Waals surface area (Å²) in [6.07, 6.45) is 1.19. The van der Waals surface area contributed by atoms with Gasteiger partial charge in [-0.05, 0) is 18.2 Å². The van der Waals surface area contributed by atoms with Crippen molar-refractivity contribution in [1.29, 1.82) is 0 Å². The van der Waals surface area contributed by atoms with Gasteiger partial charge in [0, 0.05) is 0 Å². The lowest BCUT2D eigenvalue weighted by Gasteiger charge is -2.09. The molecule has 0 radical (unpaired) electrons. The third kappa shape index (κ3) is 2.54. The van der Waals surface area contributed by atoms with Gasteiger partial charge in [-0.2, -0.15) is 5.10 Å². The van der Waals surface area contributed by atoms with E-state index in [4.69, 9.17) is 9.84 Å². The molecule has 18 heavy (non-hydrogen) atoms. The monoisotopic (exact) mass is 245 g/mol. The van der Waals surface area contributed by atoms with Crippen LogP contribution >= 0.6 is 0 Å². The zero-order chi connectivity index (χ0) is 13.0. The Kier molecular flexibility index (Phi) is 3.38. The first-order valence-electron chi connectivity index (χ1n) is 5.17. The molecule has 0 atom stereocenters. The van der Waals surface area contributed by atoms with E-state index < -0.39 is 5.97 Å². The number of carboxylic acids is 1. The van der Waals surface area contributed by atoms with Crippen molar-refractivity contribution in [2.75, 3.05) is 12.4 Å². The lowest BCUT2D eigenvalue weighted by molar-refractivity contribution is 0.0696. The van der Waals surface area contributed by atoms with Crippen molar-refractivity contribution in [3.05, 3.63) is 42.1 Å². The van der Waals surface area contributed by atoms with Crippen molar-refractivity contribution in [2.45, 2.75) is 0 Å². The average molecular weight is 245 g/mol. The number of carbonyl (C=O) groups is 1. The largest absolute Gasteiger partial charge is 0.495 e. The number of benzene rings is 1. The van der Waals surface area contributed by atoms with E-state index in [9.17, 15) is 4.79 Å². The molecule has 6 heteroatoms. The fourth-order valence-electron chi connectivity index (χ4n) is 1.43. The molecule has 1 aromatic heterocycles. The van der Waals surface area contributed by atoms with E-state index in [0.717, 1.165) is 0 Å². The molecule has 0 unspecified atom stereocenters. The van der Waals surface area contributed by atoms with Crippen molar-refractivity contribution in [2.24, 2.45) is 0 Å². The van der Waals surface area contributed by atoms with E-state index in [0.29, 0.717) is 17.3 Å². The van der Waals surface area contributed by atoms with Gasteiger partial charge in [0.2, 0.25) is 0 Å². The number of carboxylic acid groups (broad SMARTS) is 1. The average Bonchev–Trinajstić information content (AvgIpc) is 2.39. The second-order valence-corrected chi connectivity index (χ2v) is 3.46. The quantitative estimate of drug-likeness (QED) is 0.856. The molecule has 0 amide bonds. The highest BCUT2D eigenvalue weighted by Crippen LogP contribution is 2.25. The summed E-state index contributed by atoms with van der Waals surface area (Å²) in [6, 6.07) is 8.66. The van der Waals surface area contributed by atoms with Gasteiger partial charge in [-0.1, -0.05) is 12.1 Å². The van der Waals surface area contributed by atoms with Gasteiger partial charge in [-0.15, -0.1) is 5.10 Å². The Morgan fingerprint density at radius 1 is 1.39 bits per heavy atom.